The first-order valence-corrected chi connectivity index (χ1v) is 8.37. The maximum atomic E-state index is 12.6. The predicted octanol–water partition coefficient (Wildman–Crippen LogP) is 1.27. The van der Waals surface area contributed by atoms with Gasteiger partial charge in [0.2, 0.25) is 0 Å². The number of aromatic nitrogens is 4. The lowest BCUT2D eigenvalue weighted by Gasteiger charge is -2.35. The summed E-state index contributed by atoms with van der Waals surface area (Å²) < 4.78 is 1.84. The van der Waals surface area contributed by atoms with Crippen LogP contribution in [0.25, 0.3) is 5.78 Å². The minimum atomic E-state index is -0.00816. The smallest absolute Gasteiger partial charge is 0.256 e. The number of hydrogen-bond acceptors (Lipinski definition) is 6. The van der Waals surface area contributed by atoms with Crippen LogP contribution < -0.4 is 4.90 Å². The number of amides is 1. The van der Waals surface area contributed by atoms with Crippen LogP contribution in [0.1, 0.15) is 21.6 Å². The topological polar surface area (TPSA) is 90.4 Å². The van der Waals surface area contributed by atoms with Crippen molar-refractivity contribution in [2.75, 3.05) is 31.1 Å². The molecule has 3 aromatic rings. The molecular weight excluding hydrogens is 330 g/mol. The van der Waals surface area contributed by atoms with E-state index in [-0.39, 0.29) is 5.91 Å². The highest BCUT2D eigenvalue weighted by Crippen LogP contribution is 2.18. The Morgan fingerprint density at radius 3 is 2.58 bits per heavy atom. The van der Waals surface area contributed by atoms with E-state index < -0.39 is 0 Å². The zero-order valence-corrected chi connectivity index (χ0v) is 14.3. The summed E-state index contributed by atoms with van der Waals surface area (Å²) in [6.07, 6.45) is 1.65. The quantitative estimate of drug-likeness (QED) is 0.693. The van der Waals surface area contributed by atoms with Crippen LogP contribution in [0.2, 0.25) is 0 Å². The zero-order chi connectivity index (χ0) is 18.1. The SMILES string of the molecule is Cc1cc(N2CCN(C(=O)c3ccc(C#N)cc3)CC2)nc2nncn12. The molecule has 1 amide bonds. The van der Waals surface area contributed by atoms with Gasteiger partial charge >= 0.3 is 0 Å². The van der Waals surface area contributed by atoms with Gasteiger partial charge in [0, 0.05) is 43.5 Å². The Kier molecular flexibility index (Phi) is 3.97. The van der Waals surface area contributed by atoms with Crippen molar-refractivity contribution in [1.82, 2.24) is 24.5 Å². The Labute approximate surface area is 150 Å². The molecule has 1 aliphatic rings. The number of fused-ring (bicyclic) bond motifs is 1. The minimum absolute atomic E-state index is 0.00816. The van der Waals surface area contributed by atoms with E-state index in [1.807, 2.05) is 22.3 Å². The zero-order valence-electron chi connectivity index (χ0n) is 14.3. The normalized spacial score (nSPS) is 14.5. The van der Waals surface area contributed by atoms with E-state index in [1.54, 1.807) is 30.6 Å². The molecule has 1 aromatic carbocycles. The van der Waals surface area contributed by atoms with Crippen LogP contribution in [0.5, 0.6) is 0 Å². The molecule has 26 heavy (non-hydrogen) atoms. The lowest BCUT2D eigenvalue weighted by molar-refractivity contribution is 0.0746. The Bertz CT molecular complexity index is 995. The van der Waals surface area contributed by atoms with E-state index in [0.29, 0.717) is 43.1 Å². The van der Waals surface area contributed by atoms with Crippen molar-refractivity contribution in [2.45, 2.75) is 6.92 Å². The molecule has 0 aliphatic carbocycles. The van der Waals surface area contributed by atoms with Gasteiger partial charge in [-0.15, -0.1) is 10.2 Å². The third-order valence-electron chi connectivity index (χ3n) is 4.61. The van der Waals surface area contributed by atoms with E-state index in [4.69, 9.17) is 5.26 Å². The third-order valence-corrected chi connectivity index (χ3v) is 4.61. The number of hydrogen-bond donors (Lipinski definition) is 0. The van der Waals surface area contributed by atoms with Crippen LogP contribution in [0.15, 0.2) is 36.7 Å². The van der Waals surface area contributed by atoms with Gasteiger partial charge in [-0.2, -0.15) is 10.2 Å². The Morgan fingerprint density at radius 1 is 1.15 bits per heavy atom. The summed E-state index contributed by atoms with van der Waals surface area (Å²) in [6, 6.07) is 10.8. The number of benzene rings is 1. The number of carbonyl (C=O) groups is 1. The first-order valence-electron chi connectivity index (χ1n) is 8.37. The second kappa shape index (κ2) is 6.44. The molecule has 0 spiro atoms. The molecule has 1 saturated heterocycles. The van der Waals surface area contributed by atoms with Crippen LogP contribution >= 0.6 is 0 Å². The first kappa shape index (κ1) is 16.0. The number of nitriles is 1. The average Bonchev–Trinajstić information content (AvgIpc) is 3.17. The standard InChI is InChI=1S/C18H17N7O/c1-13-10-16(21-18-22-20-12-25(13)18)23-6-8-24(9-7-23)17(26)15-4-2-14(11-19)3-5-15/h2-5,10,12H,6-9H2,1H3. The predicted molar refractivity (Wildman–Crippen MR) is 94.8 cm³/mol. The summed E-state index contributed by atoms with van der Waals surface area (Å²) in [6.45, 7) is 4.65. The fourth-order valence-electron chi connectivity index (χ4n) is 3.12. The number of anilines is 1. The second-order valence-electron chi connectivity index (χ2n) is 6.23. The number of nitrogens with zero attached hydrogens (tertiary/aromatic N) is 7. The second-order valence-corrected chi connectivity index (χ2v) is 6.23. The molecule has 1 aliphatic heterocycles. The summed E-state index contributed by atoms with van der Waals surface area (Å²) in [5, 5.41) is 16.8. The van der Waals surface area contributed by atoms with Crippen molar-refractivity contribution >= 4 is 17.5 Å². The molecule has 0 N–H and O–H groups in total. The van der Waals surface area contributed by atoms with E-state index in [1.165, 1.54) is 0 Å². The lowest BCUT2D eigenvalue weighted by atomic mass is 10.1. The summed E-state index contributed by atoms with van der Waals surface area (Å²) in [5.41, 5.74) is 2.18. The first-order chi connectivity index (χ1) is 12.7. The fraction of sp³-hybridized carbons (Fsp3) is 0.278. The van der Waals surface area contributed by atoms with Crippen molar-refractivity contribution < 1.29 is 4.79 Å². The maximum absolute atomic E-state index is 12.6. The Hall–Kier alpha value is -3.47. The highest BCUT2D eigenvalue weighted by Gasteiger charge is 2.23. The van der Waals surface area contributed by atoms with Crippen molar-refractivity contribution in [1.29, 1.82) is 5.26 Å². The van der Waals surface area contributed by atoms with Crippen LogP contribution in [0.3, 0.4) is 0 Å². The molecule has 0 unspecified atom stereocenters. The molecule has 2 aromatic heterocycles. The van der Waals surface area contributed by atoms with Gasteiger partial charge in [0.05, 0.1) is 11.6 Å². The summed E-state index contributed by atoms with van der Waals surface area (Å²) in [4.78, 5) is 21.2. The molecule has 3 heterocycles. The van der Waals surface area contributed by atoms with E-state index in [9.17, 15) is 4.79 Å². The molecule has 0 bridgehead atoms. The molecule has 1 fully saturated rings. The summed E-state index contributed by atoms with van der Waals surface area (Å²) in [5.74, 6) is 1.43. The van der Waals surface area contributed by atoms with Gasteiger partial charge in [-0.3, -0.25) is 9.20 Å². The molecule has 8 heteroatoms. The molecule has 0 saturated carbocycles. The Morgan fingerprint density at radius 2 is 1.88 bits per heavy atom. The van der Waals surface area contributed by atoms with Gasteiger partial charge in [-0.1, -0.05) is 0 Å². The van der Waals surface area contributed by atoms with Gasteiger partial charge in [0.15, 0.2) is 0 Å². The molecule has 130 valence electrons. The fourth-order valence-corrected chi connectivity index (χ4v) is 3.12. The van der Waals surface area contributed by atoms with Gasteiger partial charge in [-0.05, 0) is 31.2 Å². The van der Waals surface area contributed by atoms with Crippen molar-refractivity contribution in [3.05, 3.63) is 53.5 Å². The highest BCUT2D eigenvalue weighted by molar-refractivity contribution is 5.94. The average molecular weight is 347 g/mol. The molecule has 0 atom stereocenters. The van der Waals surface area contributed by atoms with Gasteiger partial charge < -0.3 is 9.80 Å². The van der Waals surface area contributed by atoms with Crippen LogP contribution in [-0.2, 0) is 0 Å². The molecule has 4 rings (SSSR count). The largest absolute Gasteiger partial charge is 0.353 e. The third kappa shape index (κ3) is 2.84. The van der Waals surface area contributed by atoms with E-state index in [2.05, 4.69) is 26.2 Å². The van der Waals surface area contributed by atoms with Crippen LogP contribution in [0, 0.1) is 18.3 Å². The van der Waals surface area contributed by atoms with Gasteiger partial charge in [0.25, 0.3) is 11.7 Å². The lowest BCUT2D eigenvalue weighted by Crippen LogP contribution is -2.49. The highest BCUT2D eigenvalue weighted by atomic mass is 16.2. The van der Waals surface area contributed by atoms with Crippen LogP contribution in [0.4, 0.5) is 5.82 Å². The number of aryl methyl sites for hydroxylation is 1. The molecular formula is C18H17N7O. The number of rotatable bonds is 2. The van der Waals surface area contributed by atoms with Crippen molar-refractivity contribution in [3.8, 4) is 6.07 Å². The monoisotopic (exact) mass is 347 g/mol. The van der Waals surface area contributed by atoms with Gasteiger partial charge in [0.1, 0.15) is 12.1 Å². The summed E-state index contributed by atoms with van der Waals surface area (Å²) >= 11 is 0. The minimum Gasteiger partial charge on any atom is -0.353 e. The van der Waals surface area contributed by atoms with Crippen LogP contribution in [-0.4, -0.2) is 56.6 Å². The Balaban J connectivity index is 1.46. The molecule has 0 radical (unpaired) electrons. The number of piperazine rings is 1. The summed E-state index contributed by atoms with van der Waals surface area (Å²) in [7, 11) is 0. The van der Waals surface area contributed by atoms with Crippen molar-refractivity contribution in [2.24, 2.45) is 0 Å². The number of carbonyl (C=O) groups excluding carboxylic acids is 1. The van der Waals surface area contributed by atoms with Crippen molar-refractivity contribution in [3.63, 3.8) is 0 Å². The van der Waals surface area contributed by atoms with Gasteiger partial charge in [-0.25, -0.2) is 0 Å². The molecule has 8 nitrogen and oxygen atoms in total. The van der Waals surface area contributed by atoms with E-state index in [0.717, 1.165) is 11.5 Å². The van der Waals surface area contributed by atoms with E-state index >= 15 is 0 Å². The maximum Gasteiger partial charge on any atom is 0.256 e.